The molecule has 1 unspecified atom stereocenters. The van der Waals surface area contributed by atoms with Crippen LogP contribution in [0.5, 0.6) is 0 Å². The van der Waals surface area contributed by atoms with Crippen molar-refractivity contribution in [1.82, 2.24) is 0 Å². The van der Waals surface area contributed by atoms with E-state index < -0.39 is 0 Å². The predicted octanol–water partition coefficient (Wildman–Crippen LogP) is 6.31. The zero-order chi connectivity index (χ0) is 15.0. The zero-order valence-corrected chi connectivity index (χ0v) is 15.2. The Bertz CT molecular complexity index is 636. The fourth-order valence-corrected chi connectivity index (χ4v) is 4.37. The highest BCUT2D eigenvalue weighted by atomic mass is 79.9. The van der Waals surface area contributed by atoms with Crippen LogP contribution in [0.4, 0.5) is 4.39 Å². The summed E-state index contributed by atoms with van der Waals surface area (Å²) in [4.78, 5) is -0.0221. The van der Waals surface area contributed by atoms with E-state index in [1.807, 2.05) is 6.07 Å². The molecule has 2 aromatic carbocycles. The van der Waals surface area contributed by atoms with Gasteiger partial charge in [-0.3, -0.25) is 0 Å². The Morgan fingerprint density at radius 1 is 1.00 bits per heavy atom. The molecule has 2 rings (SSSR count). The Morgan fingerprint density at radius 3 is 2.10 bits per heavy atom. The third-order valence-corrected chi connectivity index (χ3v) is 5.72. The third kappa shape index (κ3) is 2.71. The van der Waals surface area contributed by atoms with Crippen molar-refractivity contribution in [1.29, 1.82) is 0 Å². The molecule has 0 aliphatic heterocycles. The van der Waals surface area contributed by atoms with Crippen LogP contribution in [-0.4, -0.2) is 0 Å². The quantitative estimate of drug-likeness (QED) is 0.519. The molecule has 1 atom stereocenters. The fraction of sp³-hybridized carbons (Fsp3) is 0.294. The number of benzene rings is 2. The first kappa shape index (κ1) is 15.7. The molecule has 0 fully saturated rings. The van der Waals surface area contributed by atoms with E-state index in [2.05, 4.69) is 65.6 Å². The van der Waals surface area contributed by atoms with Crippen molar-refractivity contribution in [3.63, 3.8) is 0 Å². The van der Waals surface area contributed by atoms with E-state index in [1.54, 1.807) is 6.07 Å². The molecule has 0 bridgehead atoms. The highest BCUT2D eigenvalue weighted by Crippen LogP contribution is 2.40. The largest absolute Gasteiger partial charge is 0.206 e. The van der Waals surface area contributed by atoms with Gasteiger partial charge in [-0.1, -0.05) is 34.1 Å². The SMILES string of the molecule is Cc1cc(C)c(C)c(C(Br)c2cccc(F)c2Br)c1C. The predicted molar refractivity (Wildman–Crippen MR) is 90.3 cm³/mol. The lowest BCUT2D eigenvalue weighted by molar-refractivity contribution is 0.618. The van der Waals surface area contributed by atoms with Gasteiger partial charge in [-0.05, 0) is 83.1 Å². The first-order chi connectivity index (χ1) is 9.34. The molecule has 0 radical (unpaired) electrons. The molecule has 2 aromatic rings. The second-order valence-electron chi connectivity index (χ2n) is 5.18. The molecule has 0 aliphatic rings. The summed E-state index contributed by atoms with van der Waals surface area (Å²) in [7, 11) is 0. The summed E-state index contributed by atoms with van der Waals surface area (Å²) >= 11 is 7.11. The molecule has 0 heterocycles. The first-order valence-corrected chi connectivity index (χ1v) is 8.20. The van der Waals surface area contributed by atoms with Gasteiger partial charge in [0.2, 0.25) is 0 Å². The Balaban J connectivity index is 2.65. The van der Waals surface area contributed by atoms with Gasteiger partial charge in [0.1, 0.15) is 5.82 Å². The average Bonchev–Trinajstić information content (AvgIpc) is 2.40. The Labute approximate surface area is 136 Å². The zero-order valence-electron chi connectivity index (χ0n) is 12.0. The highest BCUT2D eigenvalue weighted by molar-refractivity contribution is 9.11. The fourth-order valence-electron chi connectivity index (χ4n) is 2.50. The monoisotopic (exact) mass is 398 g/mol. The Morgan fingerprint density at radius 2 is 1.55 bits per heavy atom. The van der Waals surface area contributed by atoms with Gasteiger partial charge in [-0.15, -0.1) is 0 Å². The van der Waals surface area contributed by atoms with E-state index in [9.17, 15) is 4.39 Å². The normalized spacial score (nSPS) is 12.6. The maximum atomic E-state index is 13.7. The number of hydrogen-bond acceptors (Lipinski definition) is 0. The van der Waals surface area contributed by atoms with E-state index in [1.165, 1.54) is 33.9 Å². The molecule has 0 saturated heterocycles. The van der Waals surface area contributed by atoms with E-state index >= 15 is 0 Å². The standard InChI is InChI=1S/C17H17Br2F/c1-9-8-10(2)12(4)15(11(9)3)17(19)13-6-5-7-14(20)16(13)18/h5-8,17H,1-4H3. The molecule has 0 spiro atoms. The summed E-state index contributed by atoms with van der Waals surface area (Å²) in [5.41, 5.74) is 7.19. The molecule has 0 N–H and O–H groups in total. The van der Waals surface area contributed by atoms with Gasteiger partial charge in [0.15, 0.2) is 0 Å². The lowest BCUT2D eigenvalue weighted by Crippen LogP contribution is -2.04. The first-order valence-electron chi connectivity index (χ1n) is 6.49. The van der Waals surface area contributed by atoms with Crippen molar-refractivity contribution in [2.75, 3.05) is 0 Å². The van der Waals surface area contributed by atoms with Crippen LogP contribution in [0.1, 0.15) is 38.2 Å². The summed E-state index contributed by atoms with van der Waals surface area (Å²) in [6, 6.07) is 7.36. The summed E-state index contributed by atoms with van der Waals surface area (Å²) in [5.74, 6) is -0.230. The summed E-state index contributed by atoms with van der Waals surface area (Å²) in [6.07, 6.45) is 0. The van der Waals surface area contributed by atoms with Crippen LogP contribution in [0, 0.1) is 33.5 Å². The van der Waals surface area contributed by atoms with Crippen LogP contribution < -0.4 is 0 Å². The minimum absolute atomic E-state index is 0.0221. The van der Waals surface area contributed by atoms with Crippen LogP contribution in [0.3, 0.4) is 0 Å². The van der Waals surface area contributed by atoms with Gasteiger partial charge in [0.05, 0.1) is 9.30 Å². The number of hydrogen-bond donors (Lipinski definition) is 0. The molecule has 0 saturated carbocycles. The third-order valence-electron chi connectivity index (χ3n) is 3.93. The average molecular weight is 400 g/mol. The smallest absolute Gasteiger partial charge is 0.137 e. The molecule has 0 amide bonds. The van der Waals surface area contributed by atoms with E-state index in [-0.39, 0.29) is 10.6 Å². The molecular weight excluding hydrogens is 383 g/mol. The number of aryl methyl sites for hydroxylation is 2. The Kier molecular flexibility index (Phi) is 4.70. The molecule has 0 aliphatic carbocycles. The van der Waals surface area contributed by atoms with Crippen molar-refractivity contribution >= 4 is 31.9 Å². The molecule has 0 aromatic heterocycles. The van der Waals surface area contributed by atoms with Crippen molar-refractivity contribution < 1.29 is 4.39 Å². The minimum Gasteiger partial charge on any atom is -0.206 e. The molecule has 20 heavy (non-hydrogen) atoms. The van der Waals surface area contributed by atoms with E-state index in [0.717, 1.165) is 5.56 Å². The second kappa shape index (κ2) is 5.98. The maximum Gasteiger partial charge on any atom is 0.137 e. The summed E-state index contributed by atoms with van der Waals surface area (Å²) in [5, 5.41) is 0. The van der Waals surface area contributed by atoms with Crippen LogP contribution in [0.15, 0.2) is 28.7 Å². The van der Waals surface area contributed by atoms with Gasteiger partial charge in [0.25, 0.3) is 0 Å². The van der Waals surface area contributed by atoms with Gasteiger partial charge in [-0.25, -0.2) is 4.39 Å². The van der Waals surface area contributed by atoms with Gasteiger partial charge >= 0.3 is 0 Å². The number of alkyl halides is 1. The summed E-state index contributed by atoms with van der Waals surface area (Å²) < 4.78 is 14.3. The van der Waals surface area contributed by atoms with E-state index in [4.69, 9.17) is 0 Å². The summed E-state index contributed by atoms with van der Waals surface area (Å²) in [6.45, 7) is 8.48. The molecule has 0 nitrogen and oxygen atoms in total. The van der Waals surface area contributed by atoms with Crippen molar-refractivity contribution in [3.8, 4) is 0 Å². The van der Waals surface area contributed by atoms with Gasteiger partial charge < -0.3 is 0 Å². The maximum absolute atomic E-state index is 13.7. The van der Waals surface area contributed by atoms with E-state index in [0.29, 0.717) is 4.47 Å². The minimum atomic E-state index is -0.230. The van der Waals surface area contributed by atoms with Crippen molar-refractivity contribution in [2.24, 2.45) is 0 Å². The van der Waals surface area contributed by atoms with Crippen LogP contribution in [0.2, 0.25) is 0 Å². The van der Waals surface area contributed by atoms with Gasteiger partial charge in [0, 0.05) is 0 Å². The highest BCUT2D eigenvalue weighted by Gasteiger charge is 2.21. The molecular formula is C17H17Br2F. The lowest BCUT2D eigenvalue weighted by Gasteiger charge is -2.21. The van der Waals surface area contributed by atoms with Gasteiger partial charge in [-0.2, -0.15) is 0 Å². The lowest BCUT2D eigenvalue weighted by atomic mass is 9.90. The Hall–Kier alpha value is -0.670. The van der Waals surface area contributed by atoms with Crippen molar-refractivity contribution in [3.05, 3.63) is 67.9 Å². The molecule has 106 valence electrons. The van der Waals surface area contributed by atoms with Crippen LogP contribution in [-0.2, 0) is 0 Å². The number of halogens is 3. The second-order valence-corrected chi connectivity index (χ2v) is 6.89. The molecule has 3 heteroatoms. The van der Waals surface area contributed by atoms with Crippen LogP contribution >= 0.6 is 31.9 Å². The van der Waals surface area contributed by atoms with Crippen LogP contribution in [0.25, 0.3) is 0 Å². The number of rotatable bonds is 2. The topological polar surface area (TPSA) is 0 Å². The van der Waals surface area contributed by atoms with Crippen molar-refractivity contribution in [2.45, 2.75) is 32.5 Å².